The number of hydrogen-bond acceptors (Lipinski definition) is 3. The molecule has 0 aromatic heterocycles. The zero-order chi connectivity index (χ0) is 29.8. The summed E-state index contributed by atoms with van der Waals surface area (Å²) in [5, 5.41) is 7.39. The second-order valence-electron chi connectivity index (χ2n) is 9.76. The van der Waals surface area contributed by atoms with Crippen molar-refractivity contribution in [2.24, 2.45) is 0 Å². The van der Waals surface area contributed by atoms with Crippen molar-refractivity contribution >= 4 is 29.0 Å². The molecule has 1 heterocycles. The van der Waals surface area contributed by atoms with Crippen LogP contribution in [0.15, 0.2) is 66.7 Å². The molecule has 4 rings (SSSR count). The van der Waals surface area contributed by atoms with E-state index in [9.17, 15) is 35.9 Å². The minimum absolute atomic E-state index is 0.0241. The number of halogens is 6. The maximum absolute atomic E-state index is 13.4. The number of alkyl halides is 6. The molecule has 3 amide bonds. The second kappa shape index (κ2) is 12.1. The lowest BCUT2D eigenvalue weighted by Crippen LogP contribution is -2.33. The van der Waals surface area contributed by atoms with Gasteiger partial charge in [-0.1, -0.05) is 30.3 Å². The van der Waals surface area contributed by atoms with Gasteiger partial charge in [-0.15, -0.1) is 0 Å². The third-order valence-corrected chi connectivity index (χ3v) is 6.69. The maximum Gasteiger partial charge on any atom is 0.416 e. The Kier molecular flexibility index (Phi) is 8.79. The van der Waals surface area contributed by atoms with E-state index in [1.54, 1.807) is 6.07 Å². The van der Waals surface area contributed by atoms with Crippen LogP contribution in [0.2, 0.25) is 0 Å². The van der Waals surface area contributed by atoms with Crippen molar-refractivity contribution in [1.82, 2.24) is 5.32 Å². The molecule has 0 saturated carbocycles. The molecule has 218 valence electrons. The number of hydrogen-bond donors (Lipinski definition) is 3. The summed E-state index contributed by atoms with van der Waals surface area (Å²) in [4.78, 5) is 28.1. The van der Waals surface area contributed by atoms with E-state index in [0.717, 1.165) is 37.9 Å². The van der Waals surface area contributed by atoms with Gasteiger partial charge in [-0.05, 0) is 68.1 Å². The molecular weight excluding hydrogens is 550 g/mol. The number of carbonyl (C=O) groups excluding carboxylic acids is 2. The van der Waals surface area contributed by atoms with Gasteiger partial charge in [0.1, 0.15) is 0 Å². The molecule has 0 radical (unpaired) electrons. The highest BCUT2D eigenvalue weighted by Gasteiger charge is 2.37. The van der Waals surface area contributed by atoms with Crippen LogP contribution in [-0.4, -0.2) is 25.0 Å². The summed E-state index contributed by atoms with van der Waals surface area (Å²) in [6, 6.07) is 13.3. The summed E-state index contributed by atoms with van der Waals surface area (Å²) in [5.41, 5.74) is -1.87. The van der Waals surface area contributed by atoms with E-state index >= 15 is 0 Å². The molecular formula is C29H28F6N4O2. The van der Waals surface area contributed by atoms with Crippen LogP contribution in [0.25, 0.3) is 0 Å². The van der Waals surface area contributed by atoms with E-state index in [2.05, 4.69) is 15.5 Å². The fourth-order valence-corrected chi connectivity index (χ4v) is 4.63. The molecule has 3 N–H and O–H groups in total. The number of rotatable bonds is 6. The number of piperidine rings is 1. The van der Waals surface area contributed by atoms with Gasteiger partial charge in [0, 0.05) is 30.2 Å². The molecule has 1 atom stereocenters. The molecule has 0 bridgehead atoms. The minimum atomic E-state index is -5.06. The summed E-state index contributed by atoms with van der Waals surface area (Å²) in [7, 11) is 0. The van der Waals surface area contributed by atoms with Crippen LogP contribution in [0.4, 0.5) is 48.2 Å². The summed E-state index contributed by atoms with van der Waals surface area (Å²) in [6.45, 7) is 3.30. The first-order valence-electron chi connectivity index (χ1n) is 12.9. The summed E-state index contributed by atoms with van der Waals surface area (Å²) < 4.78 is 79.2. The summed E-state index contributed by atoms with van der Waals surface area (Å²) in [6.07, 6.45) is -7.16. The molecule has 0 aliphatic carbocycles. The van der Waals surface area contributed by atoms with Crippen LogP contribution in [-0.2, 0) is 12.4 Å². The van der Waals surface area contributed by atoms with Gasteiger partial charge in [0.05, 0.1) is 22.7 Å². The highest BCUT2D eigenvalue weighted by Crippen LogP contribution is 2.37. The topological polar surface area (TPSA) is 73.5 Å². The quantitative estimate of drug-likeness (QED) is 0.261. The van der Waals surface area contributed by atoms with Crippen LogP contribution >= 0.6 is 0 Å². The van der Waals surface area contributed by atoms with Gasteiger partial charge in [0.2, 0.25) is 0 Å². The Morgan fingerprint density at radius 2 is 1.34 bits per heavy atom. The normalized spacial score (nSPS) is 14.8. The van der Waals surface area contributed by atoms with E-state index in [0.29, 0.717) is 17.8 Å². The number of amides is 3. The Bertz CT molecular complexity index is 1350. The SMILES string of the molecule is C[C@H](NC(=O)c1cc(NC(=O)Nc2cc(C(F)(F)F)cc(C(F)(F)F)c2)ccc1N1CCCCC1)c1ccccc1. The number of urea groups is 1. The molecule has 0 spiro atoms. The Morgan fingerprint density at radius 1 is 0.756 bits per heavy atom. The molecule has 3 aromatic rings. The lowest BCUT2D eigenvalue weighted by molar-refractivity contribution is -0.143. The van der Waals surface area contributed by atoms with Crippen LogP contribution in [0.1, 0.15) is 59.3 Å². The Morgan fingerprint density at radius 3 is 1.93 bits per heavy atom. The van der Waals surface area contributed by atoms with Crippen molar-refractivity contribution < 1.29 is 35.9 Å². The van der Waals surface area contributed by atoms with Gasteiger partial charge < -0.3 is 20.9 Å². The highest BCUT2D eigenvalue weighted by atomic mass is 19.4. The average Bonchev–Trinajstić information content (AvgIpc) is 2.92. The van der Waals surface area contributed by atoms with E-state index in [1.807, 2.05) is 42.6 Å². The smallest absolute Gasteiger partial charge is 0.371 e. The van der Waals surface area contributed by atoms with Crippen molar-refractivity contribution in [1.29, 1.82) is 0 Å². The first-order valence-corrected chi connectivity index (χ1v) is 12.9. The van der Waals surface area contributed by atoms with Crippen LogP contribution in [0, 0.1) is 0 Å². The predicted molar refractivity (Wildman–Crippen MR) is 144 cm³/mol. The monoisotopic (exact) mass is 578 g/mol. The molecule has 1 aliphatic rings. The Balaban J connectivity index is 1.58. The second-order valence-corrected chi connectivity index (χ2v) is 9.76. The van der Waals surface area contributed by atoms with Gasteiger partial charge >= 0.3 is 18.4 Å². The van der Waals surface area contributed by atoms with Crippen molar-refractivity contribution in [2.45, 2.75) is 44.6 Å². The molecule has 0 unspecified atom stereocenters. The van der Waals surface area contributed by atoms with E-state index < -0.39 is 41.1 Å². The van der Waals surface area contributed by atoms with Gasteiger partial charge in [-0.25, -0.2) is 4.79 Å². The molecule has 1 fully saturated rings. The first kappa shape index (κ1) is 29.8. The van der Waals surface area contributed by atoms with Crippen molar-refractivity contribution in [3.8, 4) is 0 Å². The van der Waals surface area contributed by atoms with Gasteiger partial charge in [-0.2, -0.15) is 26.3 Å². The largest absolute Gasteiger partial charge is 0.416 e. The highest BCUT2D eigenvalue weighted by molar-refractivity contribution is 6.04. The lowest BCUT2D eigenvalue weighted by Gasteiger charge is -2.31. The predicted octanol–water partition coefficient (Wildman–Crippen LogP) is 7.85. The van der Waals surface area contributed by atoms with E-state index in [-0.39, 0.29) is 23.4 Å². The summed E-state index contributed by atoms with van der Waals surface area (Å²) >= 11 is 0. The first-order chi connectivity index (χ1) is 19.3. The molecule has 6 nitrogen and oxygen atoms in total. The van der Waals surface area contributed by atoms with Gasteiger partial charge in [-0.3, -0.25) is 4.79 Å². The van der Waals surface area contributed by atoms with Crippen LogP contribution in [0.3, 0.4) is 0 Å². The third-order valence-electron chi connectivity index (χ3n) is 6.69. The Labute approximate surface area is 232 Å². The van der Waals surface area contributed by atoms with E-state index in [4.69, 9.17) is 0 Å². The summed E-state index contributed by atoms with van der Waals surface area (Å²) in [5.74, 6) is -0.404. The molecule has 1 aliphatic heterocycles. The average molecular weight is 579 g/mol. The fraction of sp³-hybridized carbons (Fsp3) is 0.310. The molecule has 12 heteroatoms. The minimum Gasteiger partial charge on any atom is -0.371 e. The van der Waals surface area contributed by atoms with Crippen molar-refractivity contribution in [2.75, 3.05) is 28.6 Å². The van der Waals surface area contributed by atoms with Crippen LogP contribution in [0.5, 0.6) is 0 Å². The number of nitrogens with one attached hydrogen (secondary N) is 3. The van der Waals surface area contributed by atoms with Gasteiger partial charge in [0.15, 0.2) is 0 Å². The zero-order valence-electron chi connectivity index (χ0n) is 22.0. The number of benzene rings is 3. The lowest BCUT2D eigenvalue weighted by atomic mass is 10.0. The molecule has 41 heavy (non-hydrogen) atoms. The molecule has 1 saturated heterocycles. The molecule has 3 aromatic carbocycles. The van der Waals surface area contributed by atoms with Crippen molar-refractivity contribution in [3.63, 3.8) is 0 Å². The van der Waals surface area contributed by atoms with Crippen LogP contribution < -0.4 is 20.9 Å². The Hall–Kier alpha value is -4.22. The number of carbonyl (C=O) groups is 2. The fourth-order valence-electron chi connectivity index (χ4n) is 4.63. The van der Waals surface area contributed by atoms with Gasteiger partial charge in [0.25, 0.3) is 5.91 Å². The third kappa shape index (κ3) is 7.71. The van der Waals surface area contributed by atoms with E-state index in [1.165, 1.54) is 12.1 Å². The maximum atomic E-state index is 13.4. The number of nitrogens with zero attached hydrogens (tertiary/aromatic N) is 1. The number of anilines is 3. The standard InChI is InChI=1S/C29H28F6N4O2/c1-18(19-8-4-2-5-9-19)36-26(40)24-17-22(10-11-25(24)39-12-6-3-7-13-39)37-27(41)38-23-15-20(28(30,31)32)14-21(16-23)29(33,34)35/h2,4-5,8-11,14-18H,3,6-7,12-13H2,1H3,(H,36,40)(H2,37,38,41)/t18-/m0/s1. The zero-order valence-corrected chi connectivity index (χ0v) is 22.0. The van der Waals surface area contributed by atoms with Crippen molar-refractivity contribution in [3.05, 3.63) is 89.0 Å².